The van der Waals surface area contributed by atoms with Gasteiger partial charge in [0.1, 0.15) is 23.0 Å². The number of fused-ring (bicyclic) bond motifs is 1. The van der Waals surface area contributed by atoms with Crippen LogP contribution in [0.15, 0.2) is 36.5 Å². The van der Waals surface area contributed by atoms with Crippen LogP contribution in [0.1, 0.15) is 26.3 Å². The summed E-state index contributed by atoms with van der Waals surface area (Å²) in [5.74, 6) is -0.481. The molecule has 0 amide bonds. The van der Waals surface area contributed by atoms with Gasteiger partial charge in [0.05, 0.1) is 6.61 Å². The lowest BCUT2D eigenvalue weighted by Gasteiger charge is -2.15. The van der Waals surface area contributed by atoms with Crippen molar-refractivity contribution in [3.05, 3.63) is 64.1 Å². The first-order chi connectivity index (χ1) is 12.4. The van der Waals surface area contributed by atoms with Gasteiger partial charge in [0.15, 0.2) is 5.78 Å². The quantitative estimate of drug-likeness (QED) is 0.421. The van der Waals surface area contributed by atoms with Crippen LogP contribution >= 0.6 is 27.5 Å². The first-order valence-electron chi connectivity index (χ1n) is 7.91. The maximum atomic E-state index is 13.5. The van der Waals surface area contributed by atoms with E-state index in [9.17, 15) is 9.18 Å². The van der Waals surface area contributed by atoms with Crippen LogP contribution in [0.3, 0.4) is 0 Å². The minimum Gasteiger partial charge on any atom is -0.491 e. The van der Waals surface area contributed by atoms with Crippen molar-refractivity contribution in [3.8, 4) is 5.75 Å². The zero-order valence-electron chi connectivity index (χ0n) is 13.9. The fourth-order valence-electron chi connectivity index (χ4n) is 2.85. The second-order valence-corrected chi connectivity index (χ2v) is 7.18. The summed E-state index contributed by atoms with van der Waals surface area (Å²) in [5.41, 5.74) is 2.74. The monoisotopic (exact) mass is 439 g/mol. The SMILES string of the molecule is Cc1cc(Cl)cc2c(C(=O)C(Br)c3ccc(F)cc3OCCO)c[nH]c12. The molecule has 2 aromatic carbocycles. The van der Waals surface area contributed by atoms with Gasteiger partial charge >= 0.3 is 0 Å². The highest BCUT2D eigenvalue weighted by Gasteiger charge is 2.25. The van der Waals surface area contributed by atoms with E-state index in [4.69, 9.17) is 21.4 Å². The number of carbonyl (C=O) groups is 1. The highest BCUT2D eigenvalue weighted by Crippen LogP contribution is 2.36. The molecule has 0 bridgehead atoms. The molecule has 0 radical (unpaired) electrons. The van der Waals surface area contributed by atoms with E-state index in [-0.39, 0.29) is 24.7 Å². The van der Waals surface area contributed by atoms with E-state index in [1.54, 1.807) is 12.3 Å². The van der Waals surface area contributed by atoms with Crippen LogP contribution in [0, 0.1) is 12.7 Å². The molecular formula is C19H16BrClFNO3. The van der Waals surface area contributed by atoms with Crippen LogP contribution in [0.2, 0.25) is 5.02 Å². The summed E-state index contributed by atoms with van der Waals surface area (Å²) in [5, 5.41) is 10.2. The van der Waals surface area contributed by atoms with E-state index in [2.05, 4.69) is 20.9 Å². The number of aromatic amines is 1. The predicted molar refractivity (Wildman–Crippen MR) is 103 cm³/mol. The predicted octanol–water partition coefficient (Wildman–Crippen LogP) is 4.96. The molecule has 3 rings (SSSR count). The van der Waals surface area contributed by atoms with Gasteiger partial charge in [0, 0.05) is 39.3 Å². The largest absolute Gasteiger partial charge is 0.491 e. The lowest BCUT2D eigenvalue weighted by Crippen LogP contribution is -2.10. The molecule has 0 saturated heterocycles. The van der Waals surface area contributed by atoms with Crippen molar-refractivity contribution < 1.29 is 19.0 Å². The molecular weight excluding hydrogens is 425 g/mol. The Bertz CT molecular complexity index is 973. The number of ether oxygens (including phenoxy) is 1. The summed E-state index contributed by atoms with van der Waals surface area (Å²) in [6.45, 7) is 1.70. The number of aliphatic hydroxyl groups is 1. The fraction of sp³-hybridized carbons (Fsp3) is 0.211. The molecule has 0 aliphatic carbocycles. The summed E-state index contributed by atoms with van der Waals surface area (Å²) >= 11 is 9.53. The van der Waals surface area contributed by atoms with E-state index >= 15 is 0 Å². The number of carbonyl (C=O) groups excluding carboxylic acids is 1. The third-order valence-electron chi connectivity index (χ3n) is 4.04. The standard InChI is InChI=1S/C19H16BrClFNO3/c1-10-6-11(21)7-14-15(9-23-18(10)14)19(25)17(20)13-3-2-12(22)8-16(13)26-5-4-24/h2-3,6-9,17,23-24H,4-5H2,1H3. The number of aryl methyl sites for hydroxylation is 1. The van der Waals surface area contributed by atoms with E-state index < -0.39 is 10.6 Å². The summed E-state index contributed by atoms with van der Waals surface area (Å²) < 4.78 is 18.9. The molecule has 7 heteroatoms. The van der Waals surface area contributed by atoms with Crippen LogP contribution in [0.5, 0.6) is 5.75 Å². The summed E-state index contributed by atoms with van der Waals surface area (Å²) in [6, 6.07) is 7.51. The average Bonchev–Trinajstić information content (AvgIpc) is 3.02. The Kier molecular flexibility index (Phi) is 5.65. The van der Waals surface area contributed by atoms with Gasteiger partial charge in [-0.1, -0.05) is 33.6 Å². The van der Waals surface area contributed by atoms with E-state index in [0.29, 0.717) is 16.1 Å². The lowest BCUT2D eigenvalue weighted by atomic mass is 10.0. The third kappa shape index (κ3) is 3.63. The minimum atomic E-state index is -0.741. The number of hydrogen-bond acceptors (Lipinski definition) is 3. The number of nitrogens with one attached hydrogen (secondary N) is 1. The second-order valence-electron chi connectivity index (χ2n) is 5.83. The number of H-pyrrole nitrogens is 1. The number of hydrogen-bond donors (Lipinski definition) is 2. The molecule has 0 aliphatic heterocycles. The normalized spacial score (nSPS) is 12.3. The Morgan fingerprint density at radius 1 is 1.38 bits per heavy atom. The zero-order valence-corrected chi connectivity index (χ0v) is 16.2. The van der Waals surface area contributed by atoms with Crippen molar-refractivity contribution in [2.45, 2.75) is 11.8 Å². The molecule has 1 unspecified atom stereocenters. The highest BCUT2D eigenvalue weighted by molar-refractivity contribution is 9.09. The number of ketones is 1. The molecule has 2 N–H and O–H groups in total. The van der Waals surface area contributed by atoms with Gasteiger partial charge in [-0.15, -0.1) is 0 Å². The van der Waals surface area contributed by atoms with Gasteiger partial charge in [-0.05, 0) is 30.7 Å². The first kappa shape index (κ1) is 18.9. The number of halogens is 3. The van der Waals surface area contributed by atoms with Crippen molar-refractivity contribution in [2.75, 3.05) is 13.2 Å². The zero-order chi connectivity index (χ0) is 18.8. The summed E-state index contributed by atoms with van der Waals surface area (Å²) in [7, 11) is 0. The Morgan fingerprint density at radius 3 is 2.88 bits per heavy atom. The Labute approximate surface area is 163 Å². The molecule has 4 nitrogen and oxygen atoms in total. The van der Waals surface area contributed by atoms with E-state index in [1.807, 2.05) is 13.0 Å². The number of rotatable bonds is 6. The topological polar surface area (TPSA) is 62.3 Å². The summed E-state index contributed by atoms with van der Waals surface area (Å²) in [4.78, 5) is 15.4. The number of aliphatic hydroxyl groups excluding tert-OH is 1. The average molecular weight is 441 g/mol. The molecule has 0 aliphatic rings. The van der Waals surface area contributed by atoms with Crippen LogP contribution in [-0.4, -0.2) is 29.1 Å². The third-order valence-corrected chi connectivity index (χ3v) is 5.17. The van der Waals surface area contributed by atoms with E-state index in [1.165, 1.54) is 18.2 Å². The molecule has 0 fully saturated rings. The lowest BCUT2D eigenvalue weighted by molar-refractivity contribution is 0.0991. The van der Waals surface area contributed by atoms with Crippen LogP contribution < -0.4 is 4.74 Å². The van der Waals surface area contributed by atoms with Crippen LogP contribution in [0.4, 0.5) is 4.39 Å². The van der Waals surface area contributed by atoms with Crippen molar-refractivity contribution >= 4 is 44.2 Å². The smallest absolute Gasteiger partial charge is 0.183 e. The van der Waals surface area contributed by atoms with Gasteiger partial charge < -0.3 is 14.8 Å². The number of Topliss-reactive ketones (excluding diaryl/α,β-unsaturated/α-hetero) is 1. The van der Waals surface area contributed by atoms with Crippen molar-refractivity contribution in [1.82, 2.24) is 4.98 Å². The van der Waals surface area contributed by atoms with Gasteiger partial charge in [-0.25, -0.2) is 4.39 Å². The van der Waals surface area contributed by atoms with Crippen LogP contribution in [0.25, 0.3) is 10.9 Å². The van der Waals surface area contributed by atoms with Crippen molar-refractivity contribution in [1.29, 1.82) is 0 Å². The molecule has 136 valence electrons. The van der Waals surface area contributed by atoms with Gasteiger partial charge in [0.25, 0.3) is 0 Å². The number of alkyl halides is 1. The van der Waals surface area contributed by atoms with Gasteiger partial charge in [-0.2, -0.15) is 0 Å². The van der Waals surface area contributed by atoms with Crippen molar-refractivity contribution in [2.24, 2.45) is 0 Å². The van der Waals surface area contributed by atoms with Crippen molar-refractivity contribution in [3.63, 3.8) is 0 Å². The number of aromatic nitrogens is 1. The molecule has 1 heterocycles. The maximum absolute atomic E-state index is 13.5. The summed E-state index contributed by atoms with van der Waals surface area (Å²) in [6.07, 6.45) is 1.64. The Morgan fingerprint density at radius 2 is 2.15 bits per heavy atom. The maximum Gasteiger partial charge on any atom is 0.183 e. The number of benzene rings is 2. The van der Waals surface area contributed by atoms with E-state index in [0.717, 1.165) is 16.5 Å². The molecule has 1 aromatic heterocycles. The Hall–Kier alpha value is -1.89. The minimum absolute atomic E-state index is 0.00620. The molecule has 0 spiro atoms. The van der Waals surface area contributed by atoms with Gasteiger partial charge in [0.2, 0.25) is 0 Å². The second kappa shape index (κ2) is 7.78. The molecule has 1 atom stereocenters. The first-order valence-corrected chi connectivity index (χ1v) is 9.20. The Balaban J connectivity index is 2.01. The molecule has 3 aromatic rings. The fourth-order valence-corrected chi connectivity index (χ4v) is 3.75. The highest BCUT2D eigenvalue weighted by atomic mass is 79.9. The molecule has 0 saturated carbocycles. The van der Waals surface area contributed by atoms with Crippen LogP contribution in [-0.2, 0) is 0 Å². The van der Waals surface area contributed by atoms with Gasteiger partial charge in [-0.3, -0.25) is 4.79 Å². The molecule has 26 heavy (non-hydrogen) atoms.